The van der Waals surface area contributed by atoms with E-state index in [0.29, 0.717) is 5.92 Å². The number of hydrogen-bond donors (Lipinski definition) is 1. The topological polar surface area (TPSA) is 26.0 Å². The Labute approximate surface area is 94.4 Å². The van der Waals surface area contributed by atoms with E-state index < -0.39 is 0 Å². The van der Waals surface area contributed by atoms with Gasteiger partial charge in [0.1, 0.15) is 5.82 Å². The lowest BCUT2D eigenvalue weighted by Crippen LogP contribution is -2.52. The molecule has 0 saturated heterocycles. The highest BCUT2D eigenvalue weighted by Gasteiger charge is 2.46. The predicted molar refractivity (Wildman–Crippen MR) is 60.5 cm³/mol. The second kappa shape index (κ2) is 3.46. The molecule has 2 unspecified atom stereocenters. The van der Waals surface area contributed by atoms with Gasteiger partial charge in [-0.1, -0.05) is 31.5 Å². The highest BCUT2D eigenvalue weighted by atomic mass is 35.5. The summed E-state index contributed by atoms with van der Waals surface area (Å²) >= 11 is 5.76. The van der Waals surface area contributed by atoms with Crippen molar-refractivity contribution in [2.75, 3.05) is 0 Å². The number of nitrogens with two attached hydrogens (primary N) is 1. The van der Waals surface area contributed by atoms with Crippen molar-refractivity contribution in [2.45, 2.75) is 32.2 Å². The van der Waals surface area contributed by atoms with Crippen molar-refractivity contribution in [2.24, 2.45) is 11.1 Å². The monoisotopic (exact) mass is 227 g/mol. The predicted octanol–water partition coefficient (Wildman–Crippen LogP) is 3.32. The van der Waals surface area contributed by atoms with E-state index >= 15 is 0 Å². The van der Waals surface area contributed by atoms with Gasteiger partial charge in [0.15, 0.2) is 0 Å². The maximum Gasteiger partial charge on any atom is 0.141 e. The lowest BCUT2D eigenvalue weighted by molar-refractivity contribution is 0.0983. The van der Waals surface area contributed by atoms with E-state index in [1.807, 2.05) is 0 Å². The average molecular weight is 228 g/mol. The van der Waals surface area contributed by atoms with Gasteiger partial charge in [-0.2, -0.15) is 0 Å². The third kappa shape index (κ3) is 1.66. The number of benzene rings is 1. The lowest BCUT2D eigenvalue weighted by atomic mass is 9.57. The average Bonchev–Trinajstić information content (AvgIpc) is 2.19. The second-order valence-corrected chi connectivity index (χ2v) is 5.30. The molecule has 2 atom stereocenters. The molecule has 82 valence electrons. The van der Waals surface area contributed by atoms with Crippen LogP contribution >= 0.6 is 11.6 Å². The minimum Gasteiger partial charge on any atom is -0.327 e. The summed E-state index contributed by atoms with van der Waals surface area (Å²) in [4.78, 5) is 0. The van der Waals surface area contributed by atoms with Gasteiger partial charge in [-0.25, -0.2) is 4.39 Å². The van der Waals surface area contributed by atoms with Crippen LogP contribution in [0.4, 0.5) is 4.39 Å². The molecule has 0 amide bonds. The zero-order valence-corrected chi connectivity index (χ0v) is 9.68. The Morgan fingerprint density at radius 2 is 2.13 bits per heavy atom. The number of rotatable bonds is 1. The molecule has 1 fully saturated rings. The summed E-state index contributed by atoms with van der Waals surface area (Å²) in [5, 5.41) is 0.198. The molecule has 1 saturated carbocycles. The van der Waals surface area contributed by atoms with Crippen LogP contribution in [0.1, 0.15) is 31.7 Å². The molecule has 1 aliphatic carbocycles. The zero-order chi connectivity index (χ0) is 11.2. The van der Waals surface area contributed by atoms with Crippen molar-refractivity contribution in [3.8, 4) is 0 Å². The molecule has 15 heavy (non-hydrogen) atoms. The lowest BCUT2D eigenvalue weighted by Gasteiger charge is -2.50. The number of hydrogen-bond acceptors (Lipinski definition) is 1. The van der Waals surface area contributed by atoms with Gasteiger partial charge < -0.3 is 5.73 Å². The summed E-state index contributed by atoms with van der Waals surface area (Å²) in [7, 11) is 0. The van der Waals surface area contributed by atoms with Crippen LogP contribution in [-0.2, 0) is 0 Å². The standard InChI is InChI=1S/C12H15ClFN/c1-12(2)8(6-11(12)15)7-3-4-10(14)9(13)5-7/h3-5,8,11H,6,15H2,1-2H3. The summed E-state index contributed by atoms with van der Waals surface area (Å²) in [6.07, 6.45) is 0.953. The first kappa shape index (κ1) is 10.9. The fraction of sp³-hybridized carbons (Fsp3) is 0.500. The first-order valence-corrected chi connectivity index (χ1v) is 5.51. The fourth-order valence-corrected chi connectivity index (χ4v) is 2.44. The van der Waals surface area contributed by atoms with Crippen LogP contribution in [0, 0.1) is 11.2 Å². The van der Waals surface area contributed by atoms with E-state index in [1.54, 1.807) is 12.1 Å². The van der Waals surface area contributed by atoms with Gasteiger partial charge >= 0.3 is 0 Å². The Morgan fingerprint density at radius 3 is 2.60 bits per heavy atom. The van der Waals surface area contributed by atoms with Gasteiger partial charge in [0.25, 0.3) is 0 Å². The van der Waals surface area contributed by atoms with E-state index in [-0.39, 0.29) is 22.3 Å². The van der Waals surface area contributed by atoms with E-state index in [4.69, 9.17) is 17.3 Å². The molecule has 0 heterocycles. The highest BCUT2D eigenvalue weighted by Crippen LogP contribution is 2.51. The maximum absolute atomic E-state index is 13.0. The molecule has 0 spiro atoms. The van der Waals surface area contributed by atoms with Crippen LogP contribution < -0.4 is 5.73 Å². The summed E-state index contributed by atoms with van der Waals surface area (Å²) in [6, 6.07) is 5.18. The largest absolute Gasteiger partial charge is 0.327 e. The van der Waals surface area contributed by atoms with Crippen molar-refractivity contribution in [3.63, 3.8) is 0 Å². The van der Waals surface area contributed by atoms with Crippen molar-refractivity contribution < 1.29 is 4.39 Å². The SMILES string of the molecule is CC1(C)C(N)CC1c1ccc(F)c(Cl)c1. The molecule has 2 rings (SSSR count). The molecule has 0 bridgehead atoms. The molecule has 2 N–H and O–H groups in total. The summed E-state index contributed by atoms with van der Waals surface area (Å²) in [5.74, 6) is 0.0347. The molecule has 3 heteroatoms. The van der Waals surface area contributed by atoms with Crippen LogP contribution in [-0.4, -0.2) is 6.04 Å². The van der Waals surface area contributed by atoms with Crippen molar-refractivity contribution in [1.29, 1.82) is 0 Å². The van der Waals surface area contributed by atoms with Crippen LogP contribution in [0.15, 0.2) is 18.2 Å². The smallest absolute Gasteiger partial charge is 0.141 e. The molecule has 0 radical (unpaired) electrons. The molecule has 0 aromatic heterocycles. The third-order valence-corrected chi connectivity index (χ3v) is 3.98. The van der Waals surface area contributed by atoms with Gasteiger partial charge in [-0.3, -0.25) is 0 Å². The molecule has 1 aromatic rings. The Morgan fingerprint density at radius 1 is 1.47 bits per heavy atom. The van der Waals surface area contributed by atoms with Crippen molar-refractivity contribution in [3.05, 3.63) is 34.6 Å². The van der Waals surface area contributed by atoms with Gasteiger partial charge in [0, 0.05) is 6.04 Å². The normalized spacial score (nSPS) is 28.6. The molecule has 1 nitrogen and oxygen atoms in total. The highest BCUT2D eigenvalue weighted by molar-refractivity contribution is 6.30. The fourth-order valence-electron chi connectivity index (χ4n) is 2.25. The first-order chi connectivity index (χ1) is 6.93. The van der Waals surface area contributed by atoms with Gasteiger partial charge in [-0.05, 0) is 35.4 Å². The van der Waals surface area contributed by atoms with Crippen LogP contribution in [0.5, 0.6) is 0 Å². The minimum atomic E-state index is -0.359. The molecule has 1 aliphatic rings. The number of halogens is 2. The van der Waals surface area contributed by atoms with Gasteiger partial charge in [0.05, 0.1) is 5.02 Å². The zero-order valence-electron chi connectivity index (χ0n) is 8.93. The first-order valence-electron chi connectivity index (χ1n) is 5.13. The summed E-state index contributed by atoms with van der Waals surface area (Å²) in [6.45, 7) is 4.28. The Kier molecular flexibility index (Phi) is 2.52. The van der Waals surface area contributed by atoms with E-state index in [2.05, 4.69) is 13.8 Å². The quantitative estimate of drug-likeness (QED) is 0.783. The molecular formula is C12H15ClFN. The van der Waals surface area contributed by atoms with Crippen LogP contribution in [0.2, 0.25) is 5.02 Å². The summed E-state index contributed by atoms with van der Waals surface area (Å²) in [5.41, 5.74) is 7.12. The van der Waals surface area contributed by atoms with E-state index in [9.17, 15) is 4.39 Å². The van der Waals surface area contributed by atoms with Crippen molar-refractivity contribution in [1.82, 2.24) is 0 Å². The molecule has 0 aliphatic heterocycles. The van der Waals surface area contributed by atoms with Crippen LogP contribution in [0.3, 0.4) is 0 Å². The van der Waals surface area contributed by atoms with Gasteiger partial charge in [-0.15, -0.1) is 0 Å². The minimum absolute atomic E-state index is 0.0845. The van der Waals surface area contributed by atoms with Crippen LogP contribution in [0.25, 0.3) is 0 Å². The Balaban J connectivity index is 2.29. The molecular weight excluding hydrogens is 213 g/mol. The summed E-state index contributed by atoms with van der Waals surface area (Å²) < 4.78 is 13.0. The Hall–Kier alpha value is -0.600. The Bertz CT molecular complexity index is 389. The van der Waals surface area contributed by atoms with Crippen molar-refractivity contribution >= 4 is 11.6 Å². The van der Waals surface area contributed by atoms with E-state index in [0.717, 1.165) is 12.0 Å². The molecule has 1 aromatic carbocycles. The van der Waals surface area contributed by atoms with E-state index in [1.165, 1.54) is 6.07 Å². The second-order valence-electron chi connectivity index (χ2n) is 4.89. The van der Waals surface area contributed by atoms with Gasteiger partial charge in [0.2, 0.25) is 0 Å². The maximum atomic E-state index is 13.0. The third-order valence-electron chi connectivity index (χ3n) is 3.69.